The minimum atomic E-state index is -0.372. The van der Waals surface area contributed by atoms with Crippen molar-refractivity contribution in [2.75, 3.05) is 20.2 Å². The summed E-state index contributed by atoms with van der Waals surface area (Å²) in [4.78, 5) is 13.4. The third kappa shape index (κ3) is 1.80. The van der Waals surface area contributed by atoms with Gasteiger partial charge in [0.1, 0.15) is 18.1 Å². The van der Waals surface area contributed by atoms with Crippen LogP contribution in [0, 0.1) is 0 Å². The van der Waals surface area contributed by atoms with Crippen LogP contribution in [-0.2, 0) is 4.79 Å². The van der Waals surface area contributed by atoms with Crippen LogP contribution >= 0.6 is 0 Å². The molecule has 18 heavy (non-hydrogen) atoms. The lowest BCUT2D eigenvalue weighted by Gasteiger charge is -2.13. The molecule has 1 amide bonds. The topological polar surface area (TPSA) is 64.8 Å². The molecular formula is C13H16N2O3. The molecular weight excluding hydrogens is 232 g/mol. The summed E-state index contributed by atoms with van der Waals surface area (Å²) in [6, 6.07) is 5.51. The zero-order chi connectivity index (χ0) is 12.7. The summed E-state index contributed by atoms with van der Waals surface area (Å²) in [6.45, 7) is 1.25. The van der Waals surface area contributed by atoms with Gasteiger partial charge in [-0.25, -0.2) is 0 Å². The maximum absolute atomic E-state index is 11.7. The van der Waals surface area contributed by atoms with E-state index in [2.05, 4.69) is 0 Å². The Morgan fingerprint density at radius 3 is 3.06 bits per heavy atom. The van der Waals surface area contributed by atoms with Crippen LogP contribution in [0.5, 0.6) is 11.5 Å². The lowest BCUT2D eigenvalue weighted by Crippen LogP contribution is -2.29. The highest BCUT2D eigenvalue weighted by atomic mass is 16.5. The van der Waals surface area contributed by atoms with E-state index in [1.807, 2.05) is 18.2 Å². The third-order valence-corrected chi connectivity index (χ3v) is 3.46. The average Bonchev–Trinajstić information content (AvgIpc) is 2.88. The molecule has 0 aliphatic carbocycles. The van der Waals surface area contributed by atoms with Gasteiger partial charge in [-0.05, 0) is 12.1 Å². The SMILES string of the molecule is CN1CCC(Oc2ccc3c(c2)OCC3N)C1=O. The van der Waals surface area contributed by atoms with Crippen LogP contribution in [0.25, 0.3) is 0 Å². The van der Waals surface area contributed by atoms with Crippen LogP contribution in [-0.4, -0.2) is 37.1 Å². The number of carbonyl (C=O) groups is 1. The highest BCUT2D eigenvalue weighted by Gasteiger charge is 2.31. The van der Waals surface area contributed by atoms with E-state index >= 15 is 0 Å². The van der Waals surface area contributed by atoms with Crippen molar-refractivity contribution in [3.8, 4) is 11.5 Å². The molecule has 5 nitrogen and oxygen atoms in total. The first-order valence-electron chi connectivity index (χ1n) is 6.09. The molecule has 2 atom stereocenters. The fourth-order valence-corrected chi connectivity index (χ4v) is 2.35. The van der Waals surface area contributed by atoms with Crippen molar-refractivity contribution in [1.82, 2.24) is 4.90 Å². The molecule has 2 unspecified atom stereocenters. The highest BCUT2D eigenvalue weighted by molar-refractivity contribution is 5.83. The van der Waals surface area contributed by atoms with Crippen LogP contribution in [0.1, 0.15) is 18.0 Å². The number of benzene rings is 1. The van der Waals surface area contributed by atoms with Gasteiger partial charge in [0.25, 0.3) is 5.91 Å². The summed E-state index contributed by atoms with van der Waals surface area (Å²) in [5.41, 5.74) is 6.87. The first kappa shape index (κ1) is 11.3. The Kier molecular flexibility index (Phi) is 2.63. The van der Waals surface area contributed by atoms with Crippen molar-refractivity contribution in [3.63, 3.8) is 0 Å². The van der Waals surface area contributed by atoms with Crippen molar-refractivity contribution in [1.29, 1.82) is 0 Å². The zero-order valence-electron chi connectivity index (χ0n) is 10.3. The van der Waals surface area contributed by atoms with E-state index in [9.17, 15) is 4.79 Å². The van der Waals surface area contributed by atoms with Gasteiger partial charge in [-0.3, -0.25) is 4.79 Å². The molecule has 1 saturated heterocycles. The Labute approximate surface area is 105 Å². The molecule has 0 bridgehead atoms. The summed E-state index contributed by atoms with van der Waals surface area (Å²) in [5.74, 6) is 1.46. The Balaban J connectivity index is 1.76. The summed E-state index contributed by atoms with van der Waals surface area (Å²) in [7, 11) is 1.79. The van der Waals surface area contributed by atoms with Gasteiger partial charge in [0.05, 0.1) is 6.04 Å². The highest BCUT2D eigenvalue weighted by Crippen LogP contribution is 2.34. The predicted octanol–water partition coefficient (Wildman–Crippen LogP) is 0.688. The molecule has 5 heteroatoms. The van der Waals surface area contributed by atoms with E-state index in [4.69, 9.17) is 15.2 Å². The molecule has 0 saturated carbocycles. The van der Waals surface area contributed by atoms with Crippen molar-refractivity contribution >= 4 is 5.91 Å². The van der Waals surface area contributed by atoms with E-state index in [1.54, 1.807) is 11.9 Å². The van der Waals surface area contributed by atoms with Gasteiger partial charge >= 0.3 is 0 Å². The number of fused-ring (bicyclic) bond motifs is 1. The molecule has 2 aliphatic rings. The van der Waals surface area contributed by atoms with Crippen LogP contribution < -0.4 is 15.2 Å². The summed E-state index contributed by atoms with van der Waals surface area (Å²) in [6.07, 6.45) is 0.357. The molecule has 2 aliphatic heterocycles. The van der Waals surface area contributed by atoms with Crippen molar-refractivity contribution in [2.45, 2.75) is 18.6 Å². The number of hydrogen-bond donors (Lipinski definition) is 1. The van der Waals surface area contributed by atoms with E-state index in [-0.39, 0.29) is 18.1 Å². The van der Waals surface area contributed by atoms with Crippen molar-refractivity contribution < 1.29 is 14.3 Å². The second kappa shape index (κ2) is 4.17. The number of likely N-dealkylation sites (tertiary alicyclic amines) is 1. The standard InChI is InChI=1S/C13H16N2O3/c1-15-5-4-11(13(15)16)18-8-2-3-9-10(14)7-17-12(9)6-8/h2-3,6,10-11H,4-5,7,14H2,1H3. The van der Waals surface area contributed by atoms with Gasteiger partial charge in [-0.15, -0.1) is 0 Å². The molecule has 2 heterocycles. The van der Waals surface area contributed by atoms with E-state index < -0.39 is 0 Å². The second-order valence-corrected chi connectivity index (χ2v) is 4.77. The number of ether oxygens (including phenoxy) is 2. The fourth-order valence-electron chi connectivity index (χ4n) is 2.35. The molecule has 0 spiro atoms. The fraction of sp³-hybridized carbons (Fsp3) is 0.462. The van der Waals surface area contributed by atoms with Crippen LogP contribution in [0.4, 0.5) is 0 Å². The van der Waals surface area contributed by atoms with Gasteiger partial charge in [0.15, 0.2) is 6.10 Å². The minimum Gasteiger partial charge on any atom is -0.491 e. The Morgan fingerprint density at radius 2 is 2.33 bits per heavy atom. The first-order chi connectivity index (χ1) is 8.65. The molecule has 3 rings (SSSR count). The quantitative estimate of drug-likeness (QED) is 0.836. The lowest BCUT2D eigenvalue weighted by atomic mass is 10.1. The number of likely N-dealkylation sites (N-methyl/N-ethyl adjacent to an activating group) is 1. The van der Waals surface area contributed by atoms with Gasteiger partial charge < -0.3 is 20.1 Å². The minimum absolute atomic E-state index is 0.0353. The monoisotopic (exact) mass is 248 g/mol. The summed E-state index contributed by atoms with van der Waals surface area (Å²) < 4.78 is 11.2. The van der Waals surface area contributed by atoms with Crippen LogP contribution in [0.3, 0.4) is 0 Å². The van der Waals surface area contributed by atoms with Crippen LogP contribution in [0.15, 0.2) is 18.2 Å². The second-order valence-electron chi connectivity index (χ2n) is 4.77. The summed E-state index contributed by atoms with van der Waals surface area (Å²) in [5, 5.41) is 0. The number of carbonyl (C=O) groups excluding carboxylic acids is 1. The third-order valence-electron chi connectivity index (χ3n) is 3.46. The normalized spacial score (nSPS) is 26.1. The maximum Gasteiger partial charge on any atom is 0.263 e. The number of nitrogens with zero attached hydrogens (tertiary/aromatic N) is 1. The predicted molar refractivity (Wildman–Crippen MR) is 65.5 cm³/mol. The van der Waals surface area contributed by atoms with E-state index in [0.29, 0.717) is 12.4 Å². The Morgan fingerprint density at radius 1 is 1.50 bits per heavy atom. The van der Waals surface area contributed by atoms with Gasteiger partial charge in [-0.1, -0.05) is 0 Å². The number of hydrogen-bond acceptors (Lipinski definition) is 4. The average molecular weight is 248 g/mol. The van der Waals surface area contributed by atoms with Crippen LogP contribution in [0.2, 0.25) is 0 Å². The first-order valence-corrected chi connectivity index (χ1v) is 6.09. The molecule has 1 aromatic carbocycles. The lowest BCUT2D eigenvalue weighted by molar-refractivity contribution is -0.132. The Hall–Kier alpha value is -1.75. The smallest absolute Gasteiger partial charge is 0.263 e. The molecule has 0 radical (unpaired) electrons. The van der Waals surface area contributed by atoms with Gasteiger partial charge in [0.2, 0.25) is 0 Å². The molecule has 96 valence electrons. The van der Waals surface area contributed by atoms with E-state index in [0.717, 1.165) is 24.3 Å². The van der Waals surface area contributed by atoms with Gasteiger partial charge in [0, 0.05) is 31.6 Å². The largest absolute Gasteiger partial charge is 0.491 e. The number of rotatable bonds is 2. The molecule has 1 aromatic rings. The maximum atomic E-state index is 11.7. The number of nitrogens with two attached hydrogens (primary N) is 1. The summed E-state index contributed by atoms with van der Waals surface area (Å²) >= 11 is 0. The Bertz CT molecular complexity index is 489. The molecule has 2 N–H and O–H groups in total. The molecule has 0 aromatic heterocycles. The van der Waals surface area contributed by atoms with Gasteiger partial charge in [-0.2, -0.15) is 0 Å². The van der Waals surface area contributed by atoms with Crippen molar-refractivity contribution in [2.24, 2.45) is 5.73 Å². The van der Waals surface area contributed by atoms with Crippen molar-refractivity contribution in [3.05, 3.63) is 23.8 Å². The zero-order valence-corrected chi connectivity index (χ0v) is 10.3. The molecule has 1 fully saturated rings. The number of amides is 1. The van der Waals surface area contributed by atoms with E-state index in [1.165, 1.54) is 0 Å².